The molecular formula is C5H6N3S2+. The summed E-state index contributed by atoms with van der Waals surface area (Å²) in [5.74, 6) is 2.07. The number of hydrogen-bond acceptors (Lipinski definition) is 4. The van der Waals surface area contributed by atoms with Gasteiger partial charge in [-0.15, -0.1) is 5.10 Å². The van der Waals surface area contributed by atoms with Crippen LogP contribution in [0.25, 0.3) is 0 Å². The van der Waals surface area contributed by atoms with E-state index in [4.69, 9.17) is 0 Å². The van der Waals surface area contributed by atoms with Gasteiger partial charge in [-0.2, -0.15) is 0 Å². The van der Waals surface area contributed by atoms with Crippen molar-refractivity contribution in [2.24, 2.45) is 0 Å². The Morgan fingerprint density at radius 3 is 3.30 bits per heavy atom. The Hall–Kier alpha value is -0.550. The standard InChI is InChI=1S/C5H5N3S2/c1-2-9-4-8(1)5-3-10-7-6-5/h1-3H,4H2/p+1. The molecule has 2 rings (SSSR count). The topological polar surface area (TPSA) is 30.3 Å². The van der Waals surface area contributed by atoms with Crippen LogP contribution >= 0.6 is 23.3 Å². The lowest BCUT2D eigenvalue weighted by atomic mass is 10.7. The Labute approximate surface area is 66.9 Å². The Balaban J connectivity index is 2.20. The molecule has 0 fully saturated rings. The van der Waals surface area contributed by atoms with Crippen molar-refractivity contribution in [3.63, 3.8) is 0 Å². The highest BCUT2D eigenvalue weighted by molar-refractivity contribution is 8.02. The molecule has 0 bridgehead atoms. The molecular weight excluding hydrogens is 166 g/mol. The number of aromatic nitrogens is 2. The third-order valence-electron chi connectivity index (χ3n) is 1.24. The zero-order valence-electron chi connectivity index (χ0n) is 5.15. The zero-order valence-corrected chi connectivity index (χ0v) is 6.78. The molecule has 1 aliphatic heterocycles. The third kappa shape index (κ3) is 1.02. The fourth-order valence-corrected chi connectivity index (χ4v) is 1.93. The number of H-pyrrole nitrogens is 1. The summed E-state index contributed by atoms with van der Waals surface area (Å²) in [5.41, 5.74) is 0. The van der Waals surface area contributed by atoms with Gasteiger partial charge in [0.25, 0.3) is 0 Å². The molecule has 1 aromatic heterocycles. The molecule has 1 aliphatic rings. The summed E-state index contributed by atoms with van der Waals surface area (Å²) in [6.07, 6.45) is 2.05. The van der Waals surface area contributed by atoms with E-state index in [2.05, 4.69) is 19.9 Å². The van der Waals surface area contributed by atoms with Crippen molar-refractivity contribution in [3.05, 3.63) is 17.0 Å². The predicted molar refractivity (Wildman–Crippen MR) is 42.7 cm³/mol. The Bertz CT molecular complexity index is 231. The van der Waals surface area contributed by atoms with Crippen molar-refractivity contribution >= 4 is 29.1 Å². The van der Waals surface area contributed by atoms with E-state index >= 15 is 0 Å². The zero-order chi connectivity index (χ0) is 6.81. The second-order valence-corrected chi connectivity index (χ2v) is 3.36. The number of thioether (sulfide) groups is 1. The number of aromatic amines is 1. The summed E-state index contributed by atoms with van der Waals surface area (Å²) < 4.78 is 3.90. The molecule has 0 saturated heterocycles. The minimum Gasteiger partial charge on any atom is -0.222 e. The van der Waals surface area contributed by atoms with Crippen LogP contribution in [0.15, 0.2) is 17.0 Å². The fourth-order valence-electron chi connectivity index (χ4n) is 0.740. The van der Waals surface area contributed by atoms with Gasteiger partial charge in [-0.3, -0.25) is 0 Å². The SMILES string of the molecule is C1=CN(c2csn[nH+]2)CS1. The van der Waals surface area contributed by atoms with Crippen molar-refractivity contribution in [3.8, 4) is 0 Å². The number of hydrogen-bond donors (Lipinski definition) is 0. The highest BCUT2D eigenvalue weighted by atomic mass is 32.2. The van der Waals surface area contributed by atoms with Gasteiger partial charge in [0.15, 0.2) is 0 Å². The van der Waals surface area contributed by atoms with E-state index in [1.54, 1.807) is 11.8 Å². The van der Waals surface area contributed by atoms with Crippen molar-refractivity contribution in [2.45, 2.75) is 0 Å². The fraction of sp³-hybridized carbons (Fsp3) is 0.200. The quantitative estimate of drug-likeness (QED) is 0.631. The summed E-state index contributed by atoms with van der Waals surface area (Å²) in [4.78, 5) is 2.12. The lowest BCUT2D eigenvalue weighted by Crippen LogP contribution is -2.19. The maximum Gasteiger partial charge on any atom is 0.312 e. The van der Waals surface area contributed by atoms with Gasteiger partial charge in [-0.25, -0.2) is 4.90 Å². The highest BCUT2D eigenvalue weighted by Gasteiger charge is 2.16. The summed E-state index contributed by atoms with van der Waals surface area (Å²) in [6.45, 7) is 0. The van der Waals surface area contributed by atoms with Gasteiger partial charge in [-0.05, 0) is 4.49 Å². The highest BCUT2D eigenvalue weighted by Crippen LogP contribution is 2.19. The summed E-state index contributed by atoms with van der Waals surface area (Å²) in [6, 6.07) is 0. The average molecular weight is 172 g/mol. The van der Waals surface area contributed by atoms with Crippen LogP contribution < -0.4 is 10.00 Å². The lowest BCUT2D eigenvalue weighted by Gasteiger charge is -1.98. The van der Waals surface area contributed by atoms with E-state index in [-0.39, 0.29) is 0 Å². The van der Waals surface area contributed by atoms with E-state index in [9.17, 15) is 0 Å². The molecule has 0 spiro atoms. The van der Waals surface area contributed by atoms with Crippen LogP contribution in [-0.4, -0.2) is 10.4 Å². The molecule has 0 amide bonds. The molecule has 1 N–H and O–H groups in total. The molecule has 5 heteroatoms. The molecule has 0 saturated carbocycles. The predicted octanol–water partition coefficient (Wildman–Crippen LogP) is 0.939. The second kappa shape index (κ2) is 2.59. The van der Waals surface area contributed by atoms with Gasteiger partial charge < -0.3 is 0 Å². The summed E-state index contributed by atoms with van der Waals surface area (Å²) >= 11 is 3.22. The maximum atomic E-state index is 3.90. The van der Waals surface area contributed by atoms with E-state index < -0.39 is 0 Å². The molecule has 0 radical (unpaired) electrons. The number of rotatable bonds is 1. The van der Waals surface area contributed by atoms with Crippen LogP contribution in [0.1, 0.15) is 0 Å². The van der Waals surface area contributed by atoms with Crippen LogP contribution in [-0.2, 0) is 0 Å². The van der Waals surface area contributed by atoms with Gasteiger partial charge in [0, 0.05) is 16.9 Å². The Morgan fingerprint density at radius 2 is 2.70 bits per heavy atom. The van der Waals surface area contributed by atoms with Crippen molar-refractivity contribution in [1.82, 2.24) is 4.49 Å². The van der Waals surface area contributed by atoms with Crippen LogP contribution in [0, 0.1) is 0 Å². The van der Waals surface area contributed by atoms with Crippen LogP contribution in [0.3, 0.4) is 0 Å². The lowest BCUT2D eigenvalue weighted by molar-refractivity contribution is -0.429. The first-order valence-electron chi connectivity index (χ1n) is 2.84. The maximum absolute atomic E-state index is 3.90. The van der Waals surface area contributed by atoms with Crippen LogP contribution in [0.5, 0.6) is 0 Å². The van der Waals surface area contributed by atoms with Crippen molar-refractivity contribution < 1.29 is 5.10 Å². The van der Waals surface area contributed by atoms with E-state index in [0.29, 0.717) is 0 Å². The van der Waals surface area contributed by atoms with E-state index in [1.165, 1.54) is 11.5 Å². The molecule has 2 heterocycles. The Kier molecular flexibility index (Phi) is 1.60. The number of anilines is 1. The molecule has 52 valence electrons. The van der Waals surface area contributed by atoms with E-state index in [0.717, 1.165) is 11.7 Å². The molecule has 0 atom stereocenters. The van der Waals surface area contributed by atoms with Crippen molar-refractivity contribution in [2.75, 3.05) is 10.8 Å². The van der Waals surface area contributed by atoms with Crippen LogP contribution in [0.4, 0.5) is 5.82 Å². The Morgan fingerprint density at radius 1 is 1.70 bits per heavy atom. The van der Waals surface area contributed by atoms with Gasteiger partial charge >= 0.3 is 5.82 Å². The van der Waals surface area contributed by atoms with Crippen molar-refractivity contribution in [1.29, 1.82) is 0 Å². The second-order valence-electron chi connectivity index (χ2n) is 1.86. The minimum atomic E-state index is 0.995. The van der Waals surface area contributed by atoms with Gasteiger partial charge in [0.2, 0.25) is 0 Å². The van der Waals surface area contributed by atoms with E-state index in [1.807, 2.05) is 11.6 Å². The first-order valence-corrected chi connectivity index (χ1v) is 4.72. The molecule has 3 nitrogen and oxygen atoms in total. The molecule has 0 aromatic carbocycles. The minimum absolute atomic E-state index is 0.995. The molecule has 0 unspecified atom stereocenters. The monoisotopic (exact) mass is 172 g/mol. The molecule has 0 aliphatic carbocycles. The van der Waals surface area contributed by atoms with Crippen LogP contribution in [0.2, 0.25) is 0 Å². The first-order chi connectivity index (χ1) is 4.97. The summed E-state index contributed by atoms with van der Waals surface area (Å²) in [7, 11) is 0. The molecule has 10 heavy (non-hydrogen) atoms. The third-order valence-corrected chi connectivity index (χ3v) is 2.50. The normalized spacial score (nSPS) is 16.6. The molecule has 1 aromatic rings. The number of nitrogens with one attached hydrogen (secondary N) is 1. The smallest absolute Gasteiger partial charge is 0.222 e. The van der Waals surface area contributed by atoms with Gasteiger partial charge in [-0.1, -0.05) is 11.8 Å². The largest absolute Gasteiger partial charge is 0.312 e. The first kappa shape index (κ1) is 6.18. The number of nitrogens with zero attached hydrogens (tertiary/aromatic N) is 2. The van der Waals surface area contributed by atoms with Gasteiger partial charge in [0.1, 0.15) is 11.3 Å². The van der Waals surface area contributed by atoms with Gasteiger partial charge in [0.05, 0.1) is 6.20 Å². The summed E-state index contributed by atoms with van der Waals surface area (Å²) in [5, 5.41) is 6.98. The average Bonchev–Trinajstić information content (AvgIpc) is 2.59.